The lowest BCUT2D eigenvalue weighted by Gasteiger charge is -2.06. The zero-order valence-corrected chi connectivity index (χ0v) is 12.1. The van der Waals surface area contributed by atoms with E-state index in [1.807, 2.05) is 25.3 Å². The molecule has 0 radical (unpaired) electrons. The summed E-state index contributed by atoms with van der Waals surface area (Å²) >= 11 is 5.85. The standard InChI is InChI=1S/C15H15ClN4/c1-10-3-4-13(16)20-15(17)14(10)19-9-11(2)12-5-7-18-8-6-12/h4-9,11H,17H2,1-2H3/b19-9-. The number of aromatic nitrogens is 1. The van der Waals surface area contributed by atoms with Crippen molar-refractivity contribution in [1.29, 1.82) is 0 Å². The average Bonchev–Trinajstić information content (AvgIpc) is 2.57. The molecule has 0 amide bonds. The lowest BCUT2D eigenvalue weighted by molar-refractivity contribution is 1.02. The van der Waals surface area contributed by atoms with Gasteiger partial charge in [0.05, 0.1) is 0 Å². The summed E-state index contributed by atoms with van der Waals surface area (Å²) in [6.45, 7) is 3.93. The molecule has 5 heteroatoms. The number of halogens is 1. The Kier molecular flexibility index (Phi) is 4.51. The number of pyridine rings is 1. The second kappa shape index (κ2) is 6.33. The molecule has 2 rings (SSSR count). The predicted octanol–water partition coefficient (Wildman–Crippen LogP) is 3.14. The smallest absolute Gasteiger partial charge is 0.152 e. The summed E-state index contributed by atoms with van der Waals surface area (Å²) in [6.07, 6.45) is 6.93. The molecule has 0 spiro atoms. The Labute approximate surface area is 123 Å². The quantitative estimate of drug-likeness (QED) is 0.685. The van der Waals surface area contributed by atoms with E-state index >= 15 is 0 Å². The van der Waals surface area contributed by atoms with Crippen LogP contribution in [-0.2, 0) is 0 Å². The first-order valence-electron chi connectivity index (χ1n) is 6.19. The van der Waals surface area contributed by atoms with E-state index in [2.05, 4.69) is 27.6 Å². The van der Waals surface area contributed by atoms with Crippen LogP contribution in [0.3, 0.4) is 0 Å². The van der Waals surface area contributed by atoms with Crippen LogP contribution >= 0.6 is 11.6 Å². The Morgan fingerprint density at radius 2 is 2.10 bits per heavy atom. The number of allylic oxidation sites excluding steroid dienone is 1. The summed E-state index contributed by atoms with van der Waals surface area (Å²) in [6, 6.07) is 3.91. The molecule has 0 saturated heterocycles. The van der Waals surface area contributed by atoms with Crippen LogP contribution in [0.15, 0.2) is 63.4 Å². The molecule has 0 bridgehead atoms. The summed E-state index contributed by atoms with van der Waals surface area (Å²) in [5.74, 6) is 0.449. The van der Waals surface area contributed by atoms with E-state index in [9.17, 15) is 0 Å². The van der Waals surface area contributed by atoms with Crippen molar-refractivity contribution in [3.05, 3.63) is 59.0 Å². The van der Waals surface area contributed by atoms with Crippen LogP contribution in [0, 0.1) is 0 Å². The summed E-state index contributed by atoms with van der Waals surface area (Å²) < 4.78 is 0. The van der Waals surface area contributed by atoms with Gasteiger partial charge in [0.15, 0.2) is 5.82 Å². The molecular formula is C15H15ClN4. The van der Waals surface area contributed by atoms with Crippen LogP contribution in [0.5, 0.6) is 0 Å². The fraction of sp³-hybridized carbons (Fsp3) is 0.200. The molecular weight excluding hydrogens is 272 g/mol. The summed E-state index contributed by atoms with van der Waals surface area (Å²) in [4.78, 5) is 12.5. The highest BCUT2D eigenvalue weighted by Gasteiger charge is 2.08. The summed E-state index contributed by atoms with van der Waals surface area (Å²) in [7, 11) is 0. The van der Waals surface area contributed by atoms with E-state index < -0.39 is 0 Å². The maximum absolute atomic E-state index is 5.89. The van der Waals surface area contributed by atoms with Gasteiger partial charge in [-0.3, -0.25) is 9.98 Å². The van der Waals surface area contributed by atoms with Gasteiger partial charge < -0.3 is 5.73 Å². The van der Waals surface area contributed by atoms with Crippen molar-refractivity contribution < 1.29 is 0 Å². The lowest BCUT2D eigenvalue weighted by atomic mass is 10.0. The molecule has 1 aromatic heterocycles. The Bertz CT molecular complexity index is 650. The van der Waals surface area contributed by atoms with Gasteiger partial charge in [0.2, 0.25) is 0 Å². The number of hydrogen-bond donors (Lipinski definition) is 1. The highest BCUT2D eigenvalue weighted by molar-refractivity contribution is 6.68. The first kappa shape index (κ1) is 14.3. The highest BCUT2D eigenvalue weighted by Crippen LogP contribution is 2.18. The van der Waals surface area contributed by atoms with Gasteiger partial charge in [-0.05, 0) is 24.6 Å². The van der Waals surface area contributed by atoms with E-state index in [4.69, 9.17) is 17.3 Å². The number of aliphatic imine (C=N–C) groups is 2. The van der Waals surface area contributed by atoms with Crippen molar-refractivity contribution in [3.8, 4) is 0 Å². The fourth-order valence-corrected chi connectivity index (χ4v) is 1.88. The Morgan fingerprint density at radius 1 is 1.40 bits per heavy atom. The second-order valence-corrected chi connectivity index (χ2v) is 4.82. The Balaban J connectivity index is 2.27. The van der Waals surface area contributed by atoms with Gasteiger partial charge in [-0.15, -0.1) is 5.73 Å². The van der Waals surface area contributed by atoms with Crippen molar-refractivity contribution in [2.75, 3.05) is 0 Å². The molecule has 1 aromatic rings. The number of hydrogen-bond acceptors (Lipinski definition) is 4. The minimum atomic E-state index is 0.151. The molecule has 1 aliphatic heterocycles. The molecule has 2 N–H and O–H groups in total. The largest absolute Gasteiger partial charge is 0.382 e. The molecule has 20 heavy (non-hydrogen) atoms. The lowest BCUT2D eigenvalue weighted by Crippen LogP contribution is -2.02. The number of nitrogens with two attached hydrogens (primary N) is 1. The zero-order chi connectivity index (χ0) is 14.5. The summed E-state index contributed by atoms with van der Waals surface area (Å²) in [5.41, 5.74) is 11.4. The van der Waals surface area contributed by atoms with Crippen LogP contribution in [-0.4, -0.2) is 16.4 Å². The minimum Gasteiger partial charge on any atom is -0.382 e. The number of rotatable bonds is 3. The maximum Gasteiger partial charge on any atom is 0.152 e. The van der Waals surface area contributed by atoms with E-state index in [1.54, 1.807) is 18.5 Å². The van der Waals surface area contributed by atoms with Crippen molar-refractivity contribution in [2.45, 2.75) is 19.8 Å². The van der Waals surface area contributed by atoms with Crippen molar-refractivity contribution in [1.82, 2.24) is 4.98 Å². The first-order chi connectivity index (χ1) is 9.58. The van der Waals surface area contributed by atoms with Crippen LogP contribution in [0.2, 0.25) is 0 Å². The van der Waals surface area contributed by atoms with Crippen LogP contribution in [0.25, 0.3) is 0 Å². The molecule has 1 atom stereocenters. The molecule has 0 aromatic carbocycles. The van der Waals surface area contributed by atoms with Crippen molar-refractivity contribution in [3.63, 3.8) is 0 Å². The van der Waals surface area contributed by atoms with E-state index in [0.717, 1.165) is 11.1 Å². The van der Waals surface area contributed by atoms with Gasteiger partial charge in [-0.2, -0.15) is 0 Å². The van der Waals surface area contributed by atoms with Crippen molar-refractivity contribution in [2.24, 2.45) is 15.7 Å². The van der Waals surface area contributed by atoms with Crippen LogP contribution in [0.1, 0.15) is 25.3 Å². The monoisotopic (exact) mass is 286 g/mol. The van der Waals surface area contributed by atoms with E-state index in [-0.39, 0.29) is 5.92 Å². The van der Waals surface area contributed by atoms with Crippen molar-refractivity contribution >= 4 is 23.0 Å². The molecule has 0 aliphatic carbocycles. The van der Waals surface area contributed by atoms with Gasteiger partial charge in [0, 0.05) is 36.2 Å². The molecule has 0 fully saturated rings. The van der Waals surface area contributed by atoms with Gasteiger partial charge in [-0.1, -0.05) is 18.5 Å². The normalized spacial score (nSPS) is 16.9. The number of nitrogens with zero attached hydrogens (tertiary/aromatic N) is 3. The van der Waals surface area contributed by atoms with E-state index in [0.29, 0.717) is 16.7 Å². The molecule has 1 aliphatic rings. The molecule has 2 heterocycles. The molecule has 0 saturated carbocycles. The van der Waals surface area contributed by atoms with E-state index in [1.165, 1.54) is 0 Å². The SMILES string of the molecule is CC1=C=CC(Cl)=NC(N)=C1/N=C\C(C)c1ccncc1. The highest BCUT2D eigenvalue weighted by atomic mass is 35.5. The third-order valence-electron chi connectivity index (χ3n) is 2.89. The first-order valence-corrected chi connectivity index (χ1v) is 6.57. The average molecular weight is 287 g/mol. The maximum atomic E-state index is 5.89. The second-order valence-electron chi connectivity index (χ2n) is 4.43. The zero-order valence-electron chi connectivity index (χ0n) is 11.3. The minimum absolute atomic E-state index is 0.151. The summed E-state index contributed by atoms with van der Waals surface area (Å²) in [5, 5.41) is 0.300. The van der Waals surface area contributed by atoms with Crippen LogP contribution in [0.4, 0.5) is 0 Å². The van der Waals surface area contributed by atoms with Gasteiger partial charge in [0.1, 0.15) is 10.9 Å². The molecule has 1 unspecified atom stereocenters. The van der Waals surface area contributed by atoms with Crippen LogP contribution < -0.4 is 5.73 Å². The van der Waals surface area contributed by atoms with Gasteiger partial charge >= 0.3 is 0 Å². The van der Waals surface area contributed by atoms with Gasteiger partial charge in [0.25, 0.3) is 0 Å². The fourth-order valence-electron chi connectivity index (χ4n) is 1.73. The third-order valence-corrected chi connectivity index (χ3v) is 3.09. The Morgan fingerprint density at radius 3 is 2.80 bits per heavy atom. The predicted molar refractivity (Wildman–Crippen MR) is 82.9 cm³/mol. The third kappa shape index (κ3) is 3.44. The van der Waals surface area contributed by atoms with Gasteiger partial charge in [-0.25, -0.2) is 4.99 Å². The molecule has 102 valence electrons. The molecule has 4 nitrogen and oxygen atoms in total. The Hall–Kier alpha value is -2.16. The topological polar surface area (TPSA) is 63.6 Å².